The van der Waals surface area contributed by atoms with Crippen molar-refractivity contribution in [2.24, 2.45) is 4.99 Å². The van der Waals surface area contributed by atoms with E-state index >= 15 is 0 Å². The summed E-state index contributed by atoms with van der Waals surface area (Å²) in [7, 11) is 1.81. The van der Waals surface area contributed by atoms with Crippen molar-refractivity contribution in [1.29, 1.82) is 0 Å². The third kappa shape index (κ3) is 4.77. The minimum Gasteiger partial charge on any atom is -0.354 e. The molecule has 0 atom stereocenters. The monoisotopic (exact) mass is 238 g/mol. The Labute approximate surface area is 105 Å². The van der Waals surface area contributed by atoms with Crippen molar-refractivity contribution >= 4 is 5.96 Å². The molecule has 0 amide bonds. The fourth-order valence-electron chi connectivity index (χ4n) is 2.12. The lowest BCUT2D eigenvalue weighted by molar-refractivity contribution is 0.167. The van der Waals surface area contributed by atoms with Gasteiger partial charge in [-0.25, -0.2) is 0 Å². The molecule has 0 saturated carbocycles. The van der Waals surface area contributed by atoms with Gasteiger partial charge in [0.1, 0.15) is 0 Å². The predicted molar refractivity (Wildman–Crippen MR) is 74.4 cm³/mol. The van der Waals surface area contributed by atoms with E-state index in [1.54, 1.807) is 0 Å². The highest BCUT2D eigenvalue weighted by atomic mass is 15.2. The quantitative estimate of drug-likeness (QED) is 0.439. The molecular weight excluding hydrogens is 212 g/mol. The molecule has 4 nitrogen and oxygen atoms in total. The number of rotatable bonds is 4. The van der Waals surface area contributed by atoms with Crippen LogP contribution in [0.25, 0.3) is 0 Å². The van der Waals surface area contributed by atoms with Gasteiger partial charge in [-0.2, -0.15) is 0 Å². The molecule has 0 unspecified atom stereocenters. The molecule has 2 N–H and O–H groups in total. The molecule has 1 saturated heterocycles. The summed E-state index contributed by atoms with van der Waals surface area (Å²) < 4.78 is 0. The first-order valence-corrected chi connectivity index (χ1v) is 6.49. The van der Waals surface area contributed by atoms with Crippen LogP contribution in [0.2, 0.25) is 0 Å². The van der Waals surface area contributed by atoms with Crippen LogP contribution in [0.15, 0.2) is 17.6 Å². The number of nitrogens with one attached hydrogen (secondary N) is 2. The summed E-state index contributed by atoms with van der Waals surface area (Å²) in [5.74, 6) is 0.882. The zero-order valence-electron chi connectivity index (χ0n) is 11.4. The number of likely N-dealkylation sites (tertiary alicyclic amines) is 1. The number of hydrogen-bond donors (Lipinski definition) is 2. The Morgan fingerprint density at radius 3 is 2.59 bits per heavy atom. The third-order valence-corrected chi connectivity index (χ3v) is 3.24. The molecule has 0 aromatic rings. The SMILES string of the molecule is C=CCNC(=NC)NC1CCN(C(C)C)CC1. The lowest BCUT2D eigenvalue weighted by Gasteiger charge is -2.35. The van der Waals surface area contributed by atoms with Crippen LogP contribution >= 0.6 is 0 Å². The zero-order valence-corrected chi connectivity index (χ0v) is 11.4. The molecular formula is C13H26N4. The lowest BCUT2D eigenvalue weighted by Crippen LogP contribution is -2.49. The molecule has 98 valence electrons. The van der Waals surface area contributed by atoms with Gasteiger partial charge in [0, 0.05) is 38.8 Å². The molecule has 0 bridgehead atoms. The number of piperidine rings is 1. The van der Waals surface area contributed by atoms with Crippen LogP contribution in [0.1, 0.15) is 26.7 Å². The predicted octanol–water partition coefficient (Wildman–Crippen LogP) is 1.21. The Hall–Kier alpha value is -1.03. The van der Waals surface area contributed by atoms with Gasteiger partial charge in [0.05, 0.1) is 0 Å². The normalized spacial score (nSPS) is 19.4. The average molecular weight is 238 g/mol. The van der Waals surface area contributed by atoms with Crippen LogP contribution in [0.5, 0.6) is 0 Å². The molecule has 0 spiro atoms. The van der Waals surface area contributed by atoms with E-state index in [-0.39, 0.29) is 0 Å². The summed E-state index contributed by atoms with van der Waals surface area (Å²) in [5.41, 5.74) is 0. The molecule has 17 heavy (non-hydrogen) atoms. The Bertz CT molecular complexity index is 252. The van der Waals surface area contributed by atoms with E-state index in [2.05, 4.69) is 41.0 Å². The van der Waals surface area contributed by atoms with Crippen molar-refractivity contribution in [2.75, 3.05) is 26.7 Å². The topological polar surface area (TPSA) is 39.7 Å². The molecule has 1 heterocycles. The summed E-state index contributed by atoms with van der Waals surface area (Å²) in [6.07, 6.45) is 4.22. The number of hydrogen-bond acceptors (Lipinski definition) is 2. The van der Waals surface area contributed by atoms with E-state index in [0.717, 1.165) is 12.5 Å². The maximum atomic E-state index is 4.21. The molecule has 0 aliphatic carbocycles. The fraction of sp³-hybridized carbons (Fsp3) is 0.769. The van der Waals surface area contributed by atoms with Gasteiger partial charge >= 0.3 is 0 Å². The Kier molecular flexibility index (Phi) is 6.05. The summed E-state index contributed by atoms with van der Waals surface area (Å²) >= 11 is 0. The molecule has 0 aromatic heterocycles. The second-order valence-electron chi connectivity index (χ2n) is 4.79. The van der Waals surface area contributed by atoms with E-state index in [1.165, 1.54) is 25.9 Å². The van der Waals surface area contributed by atoms with Crippen molar-refractivity contribution in [3.05, 3.63) is 12.7 Å². The first kappa shape index (κ1) is 14.0. The van der Waals surface area contributed by atoms with Gasteiger partial charge in [-0.1, -0.05) is 6.08 Å². The molecule has 1 aliphatic heterocycles. The smallest absolute Gasteiger partial charge is 0.191 e. The van der Waals surface area contributed by atoms with E-state index < -0.39 is 0 Å². The summed E-state index contributed by atoms with van der Waals surface area (Å²) in [5, 5.41) is 6.67. The average Bonchev–Trinajstić information content (AvgIpc) is 2.35. The Morgan fingerprint density at radius 1 is 1.47 bits per heavy atom. The second kappa shape index (κ2) is 7.33. The number of nitrogens with zero attached hydrogens (tertiary/aromatic N) is 2. The Morgan fingerprint density at radius 2 is 2.12 bits per heavy atom. The van der Waals surface area contributed by atoms with Gasteiger partial charge < -0.3 is 15.5 Å². The van der Waals surface area contributed by atoms with Crippen molar-refractivity contribution in [2.45, 2.75) is 38.8 Å². The van der Waals surface area contributed by atoms with Gasteiger partial charge in [0.15, 0.2) is 5.96 Å². The Balaban J connectivity index is 2.31. The highest BCUT2D eigenvalue weighted by molar-refractivity contribution is 5.80. The second-order valence-corrected chi connectivity index (χ2v) is 4.79. The molecule has 1 aliphatic rings. The fourth-order valence-corrected chi connectivity index (χ4v) is 2.12. The summed E-state index contributed by atoms with van der Waals surface area (Å²) in [6.45, 7) is 11.3. The summed E-state index contributed by atoms with van der Waals surface area (Å²) in [4.78, 5) is 6.73. The maximum absolute atomic E-state index is 4.21. The highest BCUT2D eigenvalue weighted by Gasteiger charge is 2.21. The van der Waals surface area contributed by atoms with E-state index in [4.69, 9.17) is 0 Å². The number of aliphatic imine (C=N–C) groups is 1. The van der Waals surface area contributed by atoms with E-state index in [0.29, 0.717) is 12.1 Å². The van der Waals surface area contributed by atoms with Crippen LogP contribution in [-0.4, -0.2) is 49.6 Å². The van der Waals surface area contributed by atoms with Crippen LogP contribution in [-0.2, 0) is 0 Å². The largest absolute Gasteiger partial charge is 0.354 e. The molecule has 1 fully saturated rings. The molecule has 0 radical (unpaired) electrons. The first-order valence-electron chi connectivity index (χ1n) is 6.49. The summed E-state index contributed by atoms with van der Waals surface area (Å²) in [6, 6.07) is 1.20. The highest BCUT2D eigenvalue weighted by Crippen LogP contribution is 2.12. The zero-order chi connectivity index (χ0) is 12.7. The van der Waals surface area contributed by atoms with Gasteiger partial charge in [0.25, 0.3) is 0 Å². The van der Waals surface area contributed by atoms with Gasteiger partial charge in [0.2, 0.25) is 0 Å². The minimum absolute atomic E-state index is 0.543. The third-order valence-electron chi connectivity index (χ3n) is 3.24. The van der Waals surface area contributed by atoms with Crippen molar-refractivity contribution in [1.82, 2.24) is 15.5 Å². The van der Waals surface area contributed by atoms with Crippen LogP contribution in [0, 0.1) is 0 Å². The number of guanidine groups is 1. The van der Waals surface area contributed by atoms with Gasteiger partial charge in [-0.15, -0.1) is 6.58 Å². The van der Waals surface area contributed by atoms with Gasteiger partial charge in [-0.05, 0) is 26.7 Å². The van der Waals surface area contributed by atoms with E-state index in [9.17, 15) is 0 Å². The molecule has 1 rings (SSSR count). The molecule has 4 heteroatoms. The first-order chi connectivity index (χ1) is 8.17. The van der Waals surface area contributed by atoms with Crippen molar-refractivity contribution in [3.63, 3.8) is 0 Å². The minimum atomic E-state index is 0.543. The van der Waals surface area contributed by atoms with Crippen LogP contribution < -0.4 is 10.6 Å². The van der Waals surface area contributed by atoms with Crippen molar-refractivity contribution < 1.29 is 0 Å². The van der Waals surface area contributed by atoms with E-state index in [1.807, 2.05) is 13.1 Å². The standard InChI is InChI=1S/C13H26N4/c1-5-8-15-13(14-4)16-12-6-9-17(10-7-12)11(2)3/h5,11-12H,1,6-10H2,2-4H3,(H2,14,15,16). The molecule has 0 aromatic carbocycles. The van der Waals surface area contributed by atoms with Gasteiger partial charge in [-0.3, -0.25) is 4.99 Å². The maximum Gasteiger partial charge on any atom is 0.191 e. The lowest BCUT2D eigenvalue weighted by atomic mass is 10.0. The van der Waals surface area contributed by atoms with Crippen LogP contribution in [0.3, 0.4) is 0 Å². The van der Waals surface area contributed by atoms with Crippen molar-refractivity contribution in [3.8, 4) is 0 Å². The van der Waals surface area contributed by atoms with Crippen LogP contribution in [0.4, 0.5) is 0 Å².